The Hall–Kier alpha value is -2.38. The van der Waals surface area contributed by atoms with Crippen LogP contribution in [0.4, 0.5) is 0 Å². The zero-order valence-corrected chi connectivity index (χ0v) is 15.7. The number of carbonyl (C=O) groups excluding carboxylic acids is 3. The maximum Gasteiger partial charge on any atom is 0.333 e. The van der Waals surface area contributed by atoms with Crippen LogP contribution in [-0.4, -0.2) is 46.8 Å². The molecule has 0 aromatic rings. The number of carboxylic acid groups (broad SMARTS) is 1. The van der Waals surface area contributed by atoms with Gasteiger partial charge in [-0.1, -0.05) is 6.58 Å². The summed E-state index contributed by atoms with van der Waals surface area (Å²) in [6.45, 7) is 5.13. The summed E-state index contributed by atoms with van der Waals surface area (Å²) in [7, 11) is 0. The van der Waals surface area contributed by atoms with Crippen molar-refractivity contribution in [2.45, 2.75) is 63.3 Å². The van der Waals surface area contributed by atoms with Crippen molar-refractivity contribution in [1.82, 2.24) is 0 Å². The molecule has 3 aliphatic carbocycles. The van der Waals surface area contributed by atoms with Crippen LogP contribution in [0.25, 0.3) is 0 Å². The Morgan fingerprint density at radius 2 is 1.93 bits per heavy atom. The maximum atomic E-state index is 12.7. The molecule has 1 aliphatic heterocycles. The van der Waals surface area contributed by atoms with E-state index >= 15 is 0 Å². The third-order valence-electron chi connectivity index (χ3n) is 6.74. The number of aliphatic carboxylic acids is 1. The molecule has 0 aromatic heterocycles. The van der Waals surface area contributed by atoms with E-state index in [9.17, 15) is 24.3 Å². The van der Waals surface area contributed by atoms with Gasteiger partial charge in [-0.05, 0) is 39.0 Å². The average molecular weight is 392 g/mol. The van der Waals surface area contributed by atoms with Crippen molar-refractivity contribution in [2.75, 3.05) is 0 Å². The molecule has 2 bridgehead atoms. The normalized spacial score (nSPS) is 36.8. The molecule has 6 atom stereocenters. The summed E-state index contributed by atoms with van der Waals surface area (Å²) >= 11 is 0. The lowest BCUT2D eigenvalue weighted by molar-refractivity contribution is -0.173. The molecule has 0 spiro atoms. The Morgan fingerprint density at radius 1 is 1.25 bits per heavy atom. The van der Waals surface area contributed by atoms with E-state index in [0.717, 1.165) is 12.8 Å². The smallest absolute Gasteiger partial charge is 0.333 e. The summed E-state index contributed by atoms with van der Waals surface area (Å²) in [6, 6.07) is 0. The van der Waals surface area contributed by atoms with E-state index in [-0.39, 0.29) is 17.9 Å². The molecular formula is C20H24O8. The van der Waals surface area contributed by atoms with Gasteiger partial charge < -0.3 is 19.3 Å². The fourth-order valence-corrected chi connectivity index (χ4v) is 5.56. The summed E-state index contributed by atoms with van der Waals surface area (Å²) in [6.07, 6.45) is 1.90. The topological polar surface area (TPSA) is 116 Å². The predicted octanol–water partition coefficient (Wildman–Crippen LogP) is 1.61. The molecule has 8 heteroatoms. The summed E-state index contributed by atoms with van der Waals surface area (Å²) in [5, 5.41) is 9.53. The molecule has 0 aromatic carbocycles. The second-order valence-electron chi connectivity index (χ2n) is 8.55. The van der Waals surface area contributed by atoms with Crippen molar-refractivity contribution in [3.05, 3.63) is 12.2 Å². The molecule has 4 aliphatic rings. The van der Waals surface area contributed by atoms with Gasteiger partial charge in [-0.2, -0.15) is 0 Å². The van der Waals surface area contributed by atoms with Crippen LogP contribution in [0.15, 0.2) is 12.2 Å². The third-order valence-corrected chi connectivity index (χ3v) is 6.74. The van der Waals surface area contributed by atoms with Crippen molar-refractivity contribution < 1.29 is 38.5 Å². The number of rotatable bonds is 6. The van der Waals surface area contributed by atoms with E-state index in [4.69, 9.17) is 14.2 Å². The van der Waals surface area contributed by atoms with Crippen LogP contribution >= 0.6 is 0 Å². The first-order valence-electron chi connectivity index (χ1n) is 9.74. The molecule has 1 heterocycles. The first-order valence-corrected chi connectivity index (χ1v) is 9.74. The van der Waals surface area contributed by atoms with E-state index in [1.165, 1.54) is 0 Å². The number of hydrogen-bond donors (Lipinski definition) is 1. The number of fused-ring (bicyclic) bond motifs is 1. The Kier molecular flexibility index (Phi) is 4.47. The molecular weight excluding hydrogens is 368 g/mol. The molecule has 0 amide bonds. The van der Waals surface area contributed by atoms with Gasteiger partial charge in [-0.25, -0.2) is 4.79 Å². The summed E-state index contributed by atoms with van der Waals surface area (Å²) in [5.41, 5.74) is -0.646. The Morgan fingerprint density at radius 3 is 2.54 bits per heavy atom. The number of esters is 3. The minimum atomic E-state index is -1.06. The van der Waals surface area contributed by atoms with Gasteiger partial charge in [0.1, 0.15) is 17.8 Å². The van der Waals surface area contributed by atoms with Crippen LogP contribution in [0.5, 0.6) is 0 Å². The first-order chi connectivity index (χ1) is 13.2. The highest BCUT2D eigenvalue weighted by atomic mass is 16.6. The van der Waals surface area contributed by atoms with Gasteiger partial charge in [0, 0.05) is 17.4 Å². The highest BCUT2D eigenvalue weighted by Gasteiger charge is 2.70. The van der Waals surface area contributed by atoms with Gasteiger partial charge in [-0.3, -0.25) is 14.4 Å². The zero-order chi connectivity index (χ0) is 20.2. The number of ether oxygens (including phenoxy) is 3. The minimum absolute atomic E-state index is 0.0955. The fraction of sp³-hybridized carbons (Fsp3) is 0.700. The SMILES string of the molecule is C=C(C)C(=O)OC1(CC(=O)OC2C3CC4C2OC(=O)C4C3C(=O)O)CCCC1. The minimum Gasteiger partial charge on any atom is -0.481 e. The van der Waals surface area contributed by atoms with Crippen LogP contribution < -0.4 is 0 Å². The number of hydrogen-bond acceptors (Lipinski definition) is 7. The summed E-state index contributed by atoms with van der Waals surface area (Å²) in [5.74, 6) is -4.81. The Labute approximate surface area is 162 Å². The van der Waals surface area contributed by atoms with E-state index < -0.39 is 59.4 Å². The van der Waals surface area contributed by atoms with Gasteiger partial charge in [0.2, 0.25) is 0 Å². The number of carboxylic acids is 1. The highest BCUT2D eigenvalue weighted by Crippen LogP contribution is 2.58. The Bertz CT molecular complexity index is 749. The molecule has 3 saturated carbocycles. The van der Waals surface area contributed by atoms with Crippen molar-refractivity contribution in [3.63, 3.8) is 0 Å². The van der Waals surface area contributed by atoms with Crippen molar-refractivity contribution >= 4 is 23.9 Å². The van der Waals surface area contributed by atoms with Crippen LogP contribution in [-0.2, 0) is 33.4 Å². The van der Waals surface area contributed by atoms with Crippen LogP contribution in [0.1, 0.15) is 45.4 Å². The van der Waals surface area contributed by atoms with Crippen molar-refractivity contribution in [2.24, 2.45) is 23.7 Å². The molecule has 1 N–H and O–H groups in total. The zero-order valence-electron chi connectivity index (χ0n) is 15.7. The molecule has 8 nitrogen and oxygen atoms in total. The molecule has 4 fully saturated rings. The van der Waals surface area contributed by atoms with Gasteiger partial charge in [0.25, 0.3) is 0 Å². The molecule has 28 heavy (non-hydrogen) atoms. The monoisotopic (exact) mass is 392 g/mol. The van der Waals surface area contributed by atoms with Gasteiger partial charge in [-0.15, -0.1) is 0 Å². The molecule has 1 saturated heterocycles. The molecule has 4 rings (SSSR count). The lowest BCUT2D eigenvalue weighted by Gasteiger charge is -2.32. The lowest BCUT2D eigenvalue weighted by Crippen LogP contribution is -2.44. The highest BCUT2D eigenvalue weighted by molar-refractivity contribution is 5.88. The first kappa shape index (κ1) is 19.0. The van der Waals surface area contributed by atoms with Gasteiger partial charge in [0.15, 0.2) is 0 Å². The van der Waals surface area contributed by atoms with Crippen LogP contribution in [0.2, 0.25) is 0 Å². The van der Waals surface area contributed by atoms with E-state index in [1.54, 1.807) is 6.92 Å². The average Bonchev–Trinajstić information content (AvgIpc) is 3.32. The molecule has 0 radical (unpaired) electrons. The lowest BCUT2D eigenvalue weighted by atomic mass is 9.78. The summed E-state index contributed by atoms with van der Waals surface area (Å²) in [4.78, 5) is 48.4. The van der Waals surface area contributed by atoms with Crippen molar-refractivity contribution in [1.29, 1.82) is 0 Å². The van der Waals surface area contributed by atoms with E-state index in [2.05, 4.69) is 6.58 Å². The van der Waals surface area contributed by atoms with Gasteiger partial charge in [0.05, 0.1) is 18.3 Å². The molecule has 152 valence electrons. The fourth-order valence-electron chi connectivity index (χ4n) is 5.56. The second-order valence-corrected chi connectivity index (χ2v) is 8.55. The molecule has 6 unspecified atom stereocenters. The predicted molar refractivity (Wildman–Crippen MR) is 92.7 cm³/mol. The number of carbonyl (C=O) groups is 4. The summed E-state index contributed by atoms with van der Waals surface area (Å²) < 4.78 is 16.6. The van der Waals surface area contributed by atoms with E-state index in [0.29, 0.717) is 19.3 Å². The third kappa shape index (κ3) is 2.89. The quantitative estimate of drug-likeness (QED) is 0.412. The Balaban J connectivity index is 1.46. The largest absolute Gasteiger partial charge is 0.481 e. The van der Waals surface area contributed by atoms with Gasteiger partial charge >= 0.3 is 23.9 Å². The van der Waals surface area contributed by atoms with Crippen molar-refractivity contribution in [3.8, 4) is 0 Å². The second kappa shape index (κ2) is 6.60. The van der Waals surface area contributed by atoms with Crippen LogP contribution in [0, 0.1) is 23.7 Å². The van der Waals surface area contributed by atoms with E-state index in [1.807, 2.05) is 0 Å². The maximum absolute atomic E-state index is 12.7. The van der Waals surface area contributed by atoms with Crippen LogP contribution in [0.3, 0.4) is 0 Å². The standard InChI is InChI=1S/C20H24O8/c1-9(2)18(24)28-20(5-3-4-6-20)8-12(21)26-15-10-7-11-14(13(10)17(22)23)19(25)27-16(11)15/h10-11,13-16H,1,3-8H2,2H3,(H,22,23).